The van der Waals surface area contributed by atoms with Crippen molar-refractivity contribution in [3.8, 4) is 0 Å². The highest BCUT2D eigenvalue weighted by molar-refractivity contribution is 6.39. The summed E-state index contributed by atoms with van der Waals surface area (Å²) in [7, 11) is 4.56. The molecule has 0 aromatic carbocycles. The summed E-state index contributed by atoms with van der Waals surface area (Å²) >= 11 is 0. The molecule has 3 aliphatic heterocycles. The summed E-state index contributed by atoms with van der Waals surface area (Å²) in [5.74, 6) is -8.75. The van der Waals surface area contributed by atoms with Crippen molar-refractivity contribution < 1.29 is 67.4 Å². The Morgan fingerprint density at radius 2 is 1.57 bits per heavy atom. The standard InChI is InChI=1S/C58H92N2O14.ClH/c1-13-59(14-2)29-27-51(63)73-53-41(8)31-38(5)47(62)35-49(39(6)32-43-24-26-46(61)50(33-43)70-11)72-57(67)45-22-18-19-28-60(45)56(66)55(65)58(68)42(9)23-25-44(74-58)34-48(69-10)37(4)21-17-15-16-20-36(3)30-40(7)52(64)54(53)71-12;/h15-17,20-21,31,36,38-40,42-46,48-50,53-54,61,68H,13-14,18-19,22-30,32-35H2,1-12H3;1H/b17-15+,20-16-,37-21+,41-31-;/t36?,38?,39?,40?,42?,43?,44?,45?,46?,48?,49?,50?,53?,54?,58-;/m0./s1. The molecule has 3 fully saturated rings. The van der Waals surface area contributed by atoms with E-state index in [2.05, 4.69) is 4.90 Å². The Morgan fingerprint density at radius 3 is 2.23 bits per heavy atom. The number of halogens is 1. The average molecular weight is 1080 g/mol. The van der Waals surface area contributed by atoms with Gasteiger partial charge in [0.05, 0.1) is 30.8 Å². The Hall–Kier alpha value is -3.61. The van der Waals surface area contributed by atoms with Crippen LogP contribution in [-0.2, 0) is 57.2 Å². The van der Waals surface area contributed by atoms with Crippen LogP contribution in [0.15, 0.2) is 47.6 Å². The van der Waals surface area contributed by atoms with E-state index in [-0.39, 0.29) is 73.6 Å². The molecular weight excluding hydrogens is 984 g/mol. The molecule has 426 valence electrons. The lowest BCUT2D eigenvalue weighted by Gasteiger charge is -2.42. The summed E-state index contributed by atoms with van der Waals surface area (Å²) < 4.78 is 36.1. The number of allylic oxidation sites excluding steroid dienone is 6. The number of hydrogen-bond donors (Lipinski definition) is 2. The lowest BCUT2D eigenvalue weighted by molar-refractivity contribution is -0.265. The van der Waals surface area contributed by atoms with E-state index in [1.54, 1.807) is 41.1 Å². The third-order valence-electron chi connectivity index (χ3n) is 16.2. The van der Waals surface area contributed by atoms with Gasteiger partial charge in [0, 0.05) is 65.0 Å². The molecule has 0 aromatic rings. The maximum atomic E-state index is 14.6. The molecular formula is C58H93ClN2O14. The van der Waals surface area contributed by atoms with Gasteiger partial charge in [0.25, 0.3) is 11.7 Å². The highest BCUT2D eigenvalue weighted by atomic mass is 35.5. The minimum atomic E-state index is -2.45. The molecule has 4 rings (SSSR count). The molecule has 1 amide bonds. The van der Waals surface area contributed by atoms with E-state index in [0.29, 0.717) is 76.3 Å². The van der Waals surface area contributed by atoms with Crippen LogP contribution >= 0.6 is 12.4 Å². The molecule has 14 unspecified atom stereocenters. The second kappa shape index (κ2) is 31.7. The SMILES string of the molecule is CCN(CC)CCC(=O)OC1/C(C)=C\C(C)C(=O)CC(C(C)CC2CCC(O)C(OC)C2)OC(=O)C2CCCCN2C(=O)C(=O)[C@@]2(O)OC(CCC2C)CC(OC)/C(C)=C/C=C/C=C\C(C)CC(C)C(=O)C1OC.Cl. The lowest BCUT2D eigenvalue weighted by atomic mass is 9.78. The molecule has 16 nitrogen and oxygen atoms in total. The third-order valence-corrected chi connectivity index (χ3v) is 16.2. The van der Waals surface area contributed by atoms with Crippen molar-refractivity contribution in [2.45, 2.75) is 200 Å². The van der Waals surface area contributed by atoms with Crippen molar-refractivity contribution >= 4 is 47.6 Å². The highest BCUT2D eigenvalue weighted by Crippen LogP contribution is 2.38. The predicted octanol–water partition coefficient (Wildman–Crippen LogP) is 7.89. The zero-order valence-corrected chi connectivity index (χ0v) is 48.0. The first kappa shape index (κ1) is 65.7. The van der Waals surface area contributed by atoms with Crippen LogP contribution in [0.4, 0.5) is 0 Å². The Bertz CT molecular complexity index is 2000. The normalized spacial score (nSPS) is 36.4. The number of piperidine rings is 1. The molecule has 3 heterocycles. The molecule has 0 aromatic heterocycles. The summed E-state index contributed by atoms with van der Waals surface area (Å²) in [6, 6.07) is -1.17. The number of hydrogen-bond acceptors (Lipinski definition) is 15. The summed E-state index contributed by atoms with van der Waals surface area (Å²) in [4.78, 5) is 89.1. The molecule has 17 heteroatoms. The van der Waals surface area contributed by atoms with Crippen molar-refractivity contribution in [2.75, 3.05) is 47.5 Å². The fourth-order valence-electron chi connectivity index (χ4n) is 11.2. The third kappa shape index (κ3) is 18.5. The molecule has 4 aliphatic rings. The zero-order chi connectivity index (χ0) is 54.9. The van der Waals surface area contributed by atoms with Crippen LogP contribution in [0, 0.1) is 35.5 Å². The van der Waals surface area contributed by atoms with Gasteiger partial charge in [-0.25, -0.2) is 4.79 Å². The Balaban J connectivity index is 0.0000148. The van der Waals surface area contributed by atoms with Crippen LogP contribution < -0.4 is 0 Å². The van der Waals surface area contributed by atoms with Crippen LogP contribution in [0.3, 0.4) is 0 Å². The fourth-order valence-corrected chi connectivity index (χ4v) is 11.2. The van der Waals surface area contributed by atoms with Crippen molar-refractivity contribution in [1.82, 2.24) is 9.80 Å². The number of nitrogens with zero attached hydrogens (tertiary/aromatic N) is 2. The number of aliphatic hydroxyl groups excluding tert-OH is 1. The molecule has 75 heavy (non-hydrogen) atoms. The predicted molar refractivity (Wildman–Crippen MR) is 289 cm³/mol. The molecule has 2 bridgehead atoms. The molecule has 0 spiro atoms. The van der Waals surface area contributed by atoms with E-state index in [4.69, 9.17) is 28.4 Å². The first-order valence-electron chi connectivity index (χ1n) is 27.5. The number of carbonyl (C=O) groups is 6. The lowest BCUT2D eigenvalue weighted by Crippen LogP contribution is -2.61. The quantitative estimate of drug-likeness (QED) is 0.108. The van der Waals surface area contributed by atoms with E-state index in [0.717, 1.165) is 18.7 Å². The maximum absolute atomic E-state index is 14.6. The van der Waals surface area contributed by atoms with Gasteiger partial charge in [0.2, 0.25) is 5.79 Å². The van der Waals surface area contributed by atoms with E-state index >= 15 is 0 Å². The van der Waals surface area contributed by atoms with Crippen molar-refractivity contribution in [3.05, 3.63) is 47.6 Å². The van der Waals surface area contributed by atoms with E-state index in [1.807, 2.05) is 71.9 Å². The number of rotatable bonds is 12. The molecule has 0 radical (unpaired) electrons. The van der Waals surface area contributed by atoms with Crippen LogP contribution in [0.1, 0.15) is 146 Å². The first-order valence-corrected chi connectivity index (χ1v) is 27.5. The monoisotopic (exact) mass is 1080 g/mol. The van der Waals surface area contributed by atoms with Gasteiger partial charge in [0.15, 0.2) is 18.0 Å². The smallest absolute Gasteiger partial charge is 0.329 e. The van der Waals surface area contributed by atoms with Gasteiger partial charge in [-0.2, -0.15) is 0 Å². The van der Waals surface area contributed by atoms with E-state index in [9.17, 15) is 39.0 Å². The van der Waals surface area contributed by atoms with Crippen LogP contribution in [-0.4, -0.2) is 157 Å². The second-order valence-electron chi connectivity index (χ2n) is 21.8. The summed E-state index contributed by atoms with van der Waals surface area (Å²) in [5, 5.41) is 22.6. The largest absolute Gasteiger partial charge is 0.460 e. The molecule has 2 saturated heterocycles. The Morgan fingerprint density at radius 1 is 0.867 bits per heavy atom. The molecule has 15 atom stereocenters. The van der Waals surface area contributed by atoms with Gasteiger partial charge in [-0.05, 0) is 120 Å². The van der Waals surface area contributed by atoms with Gasteiger partial charge >= 0.3 is 11.9 Å². The number of ether oxygens (including phenoxy) is 6. The minimum Gasteiger partial charge on any atom is -0.460 e. The van der Waals surface area contributed by atoms with Crippen molar-refractivity contribution in [3.63, 3.8) is 0 Å². The average Bonchev–Trinajstić information content (AvgIpc) is 3.38. The topological polar surface area (TPSA) is 205 Å². The number of esters is 2. The Labute approximate surface area is 454 Å². The van der Waals surface area contributed by atoms with Gasteiger partial charge in [-0.1, -0.05) is 84.9 Å². The molecule has 1 aliphatic carbocycles. The maximum Gasteiger partial charge on any atom is 0.329 e. The number of Topliss-reactive ketones (excluding diaryl/α,β-unsaturated/α-hetero) is 3. The van der Waals surface area contributed by atoms with E-state index in [1.165, 1.54) is 12.0 Å². The van der Waals surface area contributed by atoms with Crippen molar-refractivity contribution in [2.24, 2.45) is 35.5 Å². The van der Waals surface area contributed by atoms with Gasteiger partial charge in [0.1, 0.15) is 17.9 Å². The number of cyclic esters (lactones) is 1. The van der Waals surface area contributed by atoms with Crippen LogP contribution in [0.2, 0.25) is 0 Å². The fraction of sp³-hybridized carbons (Fsp3) is 0.759. The number of methoxy groups -OCH3 is 3. The van der Waals surface area contributed by atoms with E-state index < -0.39 is 89.8 Å². The number of amides is 1. The number of fused-ring (bicyclic) bond motifs is 3. The number of aliphatic hydroxyl groups is 2. The van der Waals surface area contributed by atoms with Gasteiger partial charge in [-0.15, -0.1) is 12.4 Å². The zero-order valence-electron chi connectivity index (χ0n) is 47.2. The van der Waals surface area contributed by atoms with Gasteiger partial charge < -0.3 is 48.4 Å². The van der Waals surface area contributed by atoms with Gasteiger partial charge in [-0.3, -0.25) is 24.0 Å². The summed E-state index contributed by atoms with van der Waals surface area (Å²) in [5.41, 5.74) is 1.32. The summed E-state index contributed by atoms with van der Waals surface area (Å²) in [6.07, 6.45) is 11.2. The molecule has 2 N–H and O–H groups in total. The summed E-state index contributed by atoms with van der Waals surface area (Å²) in [6.45, 7) is 18.8. The highest BCUT2D eigenvalue weighted by Gasteiger charge is 2.53. The number of ketones is 3. The first-order chi connectivity index (χ1) is 35.1. The van der Waals surface area contributed by atoms with Crippen LogP contribution in [0.5, 0.6) is 0 Å². The second-order valence-corrected chi connectivity index (χ2v) is 21.8. The minimum absolute atomic E-state index is 0. The van der Waals surface area contributed by atoms with Crippen molar-refractivity contribution in [1.29, 1.82) is 0 Å². The molecule has 1 saturated carbocycles. The van der Waals surface area contributed by atoms with Crippen LogP contribution in [0.25, 0.3) is 0 Å². The number of carbonyl (C=O) groups excluding carboxylic acids is 6. The Kier molecular flexibility index (Phi) is 27.8.